The number of halogens is 1. The summed E-state index contributed by atoms with van der Waals surface area (Å²) in [4.78, 5) is 12.4. The van der Waals surface area contributed by atoms with Gasteiger partial charge in [0.1, 0.15) is 5.69 Å². The molecule has 0 saturated heterocycles. The first-order valence-electron chi connectivity index (χ1n) is 7.21. The third-order valence-electron chi connectivity index (χ3n) is 4.43. The Morgan fingerprint density at radius 1 is 1.53 bits per heavy atom. The van der Waals surface area contributed by atoms with Gasteiger partial charge in [-0.2, -0.15) is 5.10 Å². The summed E-state index contributed by atoms with van der Waals surface area (Å²) in [6, 6.07) is 0.412. The van der Waals surface area contributed by atoms with Crippen LogP contribution in [0.2, 0.25) is 5.02 Å². The fourth-order valence-corrected chi connectivity index (χ4v) is 2.89. The molecule has 1 N–H and O–H groups in total. The zero-order valence-electron chi connectivity index (χ0n) is 11.2. The summed E-state index contributed by atoms with van der Waals surface area (Å²) in [5.41, 5.74) is 0.470. The van der Waals surface area contributed by atoms with Crippen LogP contribution in [0.25, 0.3) is 0 Å². The Labute approximate surface area is 118 Å². The minimum Gasteiger partial charge on any atom is -0.376 e. The van der Waals surface area contributed by atoms with E-state index >= 15 is 0 Å². The predicted octanol–water partition coefficient (Wildman–Crippen LogP) is 2.91. The van der Waals surface area contributed by atoms with Crippen LogP contribution in [0, 0.1) is 11.8 Å². The van der Waals surface area contributed by atoms with Crippen molar-refractivity contribution in [3.05, 3.63) is 21.6 Å². The number of hydrogen-bond donors (Lipinski definition) is 1. The van der Waals surface area contributed by atoms with E-state index in [1.807, 2.05) is 0 Å². The largest absolute Gasteiger partial charge is 0.376 e. The molecule has 0 radical (unpaired) electrons. The van der Waals surface area contributed by atoms with Crippen molar-refractivity contribution in [3.63, 3.8) is 0 Å². The molecule has 2 aliphatic rings. The molecule has 5 heteroatoms. The van der Waals surface area contributed by atoms with Crippen LogP contribution < -0.4 is 10.9 Å². The van der Waals surface area contributed by atoms with Gasteiger partial charge >= 0.3 is 0 Å². The normalized spacial score (nSPS) is 26.0. The standard InChI is InChI=1S/C14H20ClN3O/c1-2-10-6-12(10)17-13-11(15)7-16-18(14(13)19)8-9-4-3-5-9/h7,9-10,12,17H,2-6,8H2,1H3. The van der Waals surface area contributed by atoms with Crippen molar-refractivity contribution in [2.45, 2.75) is 51.6 Å². The van der Waals surface area contributed by atoms with Gasteiger partial charge in [-0.15, -0.1) is 0 Å². The van der Waals surface area contributed by atoms with Crippen LogP contribution in [0.5, 0.6) is 0 Å². The molecule has 0 bridgehead atoms. The fourth-order valence-electron chi connectivity index (χ4n) is 2.71. The van der Waals surface area contributed by atoms with E-state index in [0.717, 1.165) is 19.4 Å². The van der Waals surface area contributed by atoms with Gasteiger partial charge in [0, 0.05) is 12.6 Å². The van der Waals surface area contributed by atoms with E-state index < -0.39 is 0 Å². The highest BCUT2D eigenvalue weighted by Crippen LogP contribution is 2.36. The van der Waals surface area contributed by atoms with Crippen LogP contribution in [-0.4, -0.2) is 15.8 Å². The lowest BCUT2D eigenvalue weighted by Gasteiger charge is -2.25. The SMILES string of the molecule is CCC1CC1Nc1c(Cl)cnn(CC2CCC2)c1=O. The summed E-state index contributed by atoms with van der Waals surface area (Å²) >= 11 is 6.11. The number of hydrogen-bond acceptors (Lipinski definition) is 3. The Morgan fingerprint density at radius 3 is 2.89 bits per heavy atom. The molecule has 1 aromatic rings. The van der Waals surface area contributed by atoms with Crippen molar-refractivity contribution in [2.75, 3.05) is 5.32 Å². The molecule has 2 saturated carbocycles. The van der Waals surface area contributed by atoms with Gasteiger partial charge in [-0.3, -0.25) is 4.79 Å². The Morgan fingerprint density at radius 2 is 2.32 bits per heavy atom. The number of nitrogens with zero attached hydrogens (tertiary/aromatic N) is 2. The molecule has 2 aliphatic carbocycles. The van der Waals surface area contributed by atoms with Crippen molar-refractivity contribution in [3.8, 4) is 0 Å². The van der Waals surface area contributed by atoms with Gasteiger partial charge in [-0.25, -0.2) is 4.68 Å². The van der Waals surface area contributed by atoms with Gasteiger partial charge in [-0.05, 0) is 31.1 Å². The summed E-state index contributed by atoms with van der Waals surface area (Å²) in [6.45, 7) is 2.90. The molecule has 19 heavy (non-hydrogen) atoms. The van der Waals surface area contributed by atoms with E-state index in [4.69, 9.17) is 11.6 Å². The fraction of sp³-hybridized carbons (Fsp3) is 0.714. The quantitative estimate of drug-likeness (QED) is 0.903. The van der Waals surface area contributed by atoms with Crippen LogP contribution >= 0.6 is 11.6 Å². The van der Waals surface area contributed by atoms with Crippen molar-refractivity contribution in [2.24, 2.45) is 11.8 Å². The van der Waals surface area contributed by atoms with E-state index in [1.165, 1.54) is 19.3 Å². The van der Waals surface area contributed by atoms with E-state index in [-0.39, 0.29) is 5.56 Å². The Hall–Kier alpha value is -1.03. The van der Waals surface area contributed by atoms with E-state index in [0.29, 0.717) is 28.6 Å². The van der Waals surface area contributed by atoms with Crippen LogP contribution in [0.3, 0.4) is 0 Å². The molecule has 104 valence electrons. The van der Waals surface area contributed by atoms with Gasteiger partial charge in [0.15, 0.2) is 0 Å². The number of anilines is 1. The molecular formula is C14H20ClN3O. The minimum atomic E-state index is -0.0684. The molecule has 1 heterocycles. The molecule has 2 fully saturated rings. The van der Waals surface area contributed by atoms with E-state index in [2.05, 4.69) is 17.3 Å². The lowest BCUT2D eigenvalue weighted by atomic mass is 9.85. The molecule has 3 rings (SSSR count). The van der Waals surface area contributed by atoms with Gasteiger partial charge < -0.3 is 5.32 Å². The summed E-state index contributed by atoms with van der Waals surface area (Å²) in [5.74, 6) is 1.30. The molecule has 0 amide bonds. The first-order chi connectivity index (χ1) is 9.19. The van der Waals surface area contributed by atoms with E-state index in [1.54, 1.807) is 10.9 Å². The number of aromatic nitrogens is 2. The van der Waals surface area contributed by atoms with Gasteiger partial charge in [0.25, 0.3) is 5.56 Å². The maximum absolute atomic E-state index is 12.4. The smallest absolute Gasteiger partial charge is 0.291 e. The van der Waals surface area contributed by atoms with Crippen LogP contribution in [-0.2, 0) is 6.54 Å². The first kappa shape index (κ1) is 13.0. The van der Waals surface area contributed by atoms with Gasteiger partial charge in [-0.1, -0.05) is 31.4 Å². The zero-order valence-corrected chi connectivity index (χ0v) is 12.0. The average molecular weight is 282 g/mol. The van der Waals surface area contributed by atoms with Crippen molar-refractivity contribution in [1.82, 2.24) is 9.78 Å². The molecule has 1 aromatic heterocycles. The predicted molar refractivity (Wildman–Crippen MR) is 76.7 cm³/mol. The molecule has 4 nitrogen and oxygen atoms in total. The van der Waals surface area contributed by atoms with Gasteiger partial charge in [0.05, 0.1) is 11.2 Å². The van der Waals surface area contributed by atoms with Gasteiger partial charge in [0.2, 0.25) is 0 Å². The maximum atomic E-state index is 12.4. The molecule has 0 aromatic carbocycles. The molecule has 0 aliphatic heterocycles. The highest BCUT2D eigenvalue weighted by atomic mass is 35.5. The van der Waals surface area contributed by atoms with Crippen LogP contribution in [0.4, 0.5) is 5.69 Å². The first-order valence-corrected chi connectivity index (χ1v) is 7.59. The van der Waals surface area contributed by atoms with Crippen molar-refractivity contribution < 1.29 is 0 Å². The number of rotatable bonds is 5. The summed E-state index contributed by atoms with van der Waals surface area (Å²) in [6.07, 6.45) is 7.57. The van der Waals surface area contributed by atoms with Crippen molar-refractivity contribution in [1.29, 1.82) is 0 Å². The second-order valence-corrected chi connectivity index (χ2v) is 6.21. The molecule has 0 spiro atoms. The molecular weight excluding hydrogens is 262 g/mol. The Bertz CT molecular complexity index is 524. The zero-order chi connectivity index (χ0) is 13.4. The third-order valence-corrected chi connectivity index (χ3v) is 4.72. The molecule has 2 unspecified atom stereocenters. The second kappa shape index (κ2) is 5.16. The Kier molecular flexibility index (Phi) is 3.52. The van der Waals surface area contributed by atoms with Crippen LogP contribution in [0.1, 0.15) is 39.0 Å². The maximum Gasteiger partial charge on any atom is 0.291 e. The summed E-state index contributed by atoms with van der Waals surface area (Å²) in [5, 5.41) is 7.90. The average Bonchev–Trinajstić information content (AvgIpc) is 3.10. The topological polar surface area (TPSA) is 46.9 Å². The number of nitrogens with one attached hydrogen (secondary N) is 1. The summed E-state index contributed by atoms with van der Waals surface area (Å²) in [7, 11) is 0. The van der Waals surface area contributed by atoms with E-state index in [9.17, 15) is 4.79 Å². The lowest BCUT2D eigenvalue weighted by molar-refractivity contribution is 0.262. The minimum absolute atomic E-state index is 0.0684. The lowest BCUT2D eigenvalue weighted by Crippen LogP contribution is -2.31. The highest BCUT2D eigenvalue weighted by molar-refractivity contribution is 6.33. The van der Waals surface area contributed by atoms with Crippen molar-refractivity contribution >= 4 is 17.3 Å². The second-order valence-electron chi connectivity index (χ2n) is 5.81. The Balaban J connectivity index is 1.77. The third kappa shape index (κ3) is 2.64. The summed E-state index contributed by atoms with van der Waals surface area (Å²) < 4.78 is 1.57. The van der Waals surface area contributed by atoms with Crippen LogP contribution in [0.15, 0.2) is 11.0 Å². The monoisotopic (exact) mass is 281 g/mol. The molecule has 2 atom stereocenters. The highest BCUT2D eigenvalue weighted by Gasteiger charge is 2.36.